The van der Waals surface area contributed by atoms with Crippen LogP contribution in [0.4, 0.5) is 15.0 Å². The Bertz CT molecular complexity index is 1030. The lowest BCUT2D eigenvalue weighted by Crippen LogP contribution is -2.57. The molecule has 2 aromatic rings. The number of benzene rings is 1. The second-order valence-corrected chi connectivity index (χ2v) is 9.95. The molecule has 2 saturated heterocycles. The topological polar surface area (TPSA) is 78.8 Å². The molecule has 0 spiro atoms. The highest BCUT2D eigenvalue weighted by Gasteiger charge is 2.45. The van der Waals surface area contributed by atoms with Crippen LogP contribution >= 0.6 is 27.5 Å². The zero-order valence-electron chi connectivity index (χ0n) is 17.2. The van der Waals surface area contributed by atoms with Gasteiger partial charge in [0.05, 0.1) is 27.5 Å². The Morgan fingerprint density at radius 3 is 2.43 bits per heavy atom. The van der Waals surface area contributed by atoms with Gasteiger partial charge in [-0.15, -0.1) is 0 Å². The van der Waals surface area contributed by atoms with Gasteiger partial charge in [0.25, 0.3) is 0 Å². The maximum absolute atomic E-state index is 14.6. The molecule has 2 fully saturated rings. The number of aromatic hydroxyl groups is 1. The number of phenolic OH excluding ortho intramolecular Hbond substituents is 1. The predicted octanol–water partition coefficient (Wildman–Crippen LogP) is 4.79. The van der Waals surface area contributed by atoms with E-state index in [2.05, 4.69) is 25.9 Å². The minimum absolute atomic E-state index is 0.0143. The Labute approximate surface area is 187 Å². The van der Waals surface area contributed by atoms with Crippen molar-refractivity contribution in [3.63, 3.8) is 0 Å². The summed E-state index contributed by atoms with van der Waals surface area (Å²) < 4.78 is 20.3. The van der Waals surface area contributed by atoms with E-state index in [1.165, 1.54) is 0 Å². The highest BCUT2D eigenvalue weighted by molar-refractivity contribution is 9.10. The number of aromatic nitrogens is 2. The zero-order chi connectivity index (χ0) is 22.0. The summed E-state index contributed by atoms with van der Waals surface area (Å²) >= 11 is 9.34. The molecular formula is C20H23BrClFN4O3. The Hall–Kier alpha value is -1.87. The number of carbonyl (C=O) groups is 1. The number of nitrogens with zero attached hydrogens (tertiary/aromatic N) is 4. The zero-order valence-corrected chi connectivity index (χ0v) is 19.5. The Balaban J connectivity index is 1.73. The van der Waals surface area contributed by atoms with Gasteiger partial charge < -0.3 is 14.7 Å². The van der Waals surface area contributed by atoms with Gasteiger partial charge >= 0.3 is 6.09 Å². The number of carbonyl (C=O) groups excluding carboxylic acids is 1. The van der Waals surface area contributed by atoms with Gasteiger partial charge in [-0.1, -0.05) is 0 Å². The first-order valence-electron chi connectivity index (χ1n) is 9.78. The Morgan fingerprint density at radius 1 is 1.27 bits per heavy atom. The maximum atomic E-state index is 14.6. The normalized spacial score (nSPS) is 21.4. The van der Waals surface area contributed by atoms with Crippen LogP contribution in [-0.4, -0.2) is 56.8 Å². The lowest BCUT2D eigenvalue weighted by Gasteiger charge is -2.42. The predicted molar refractivity (Wildman–Crippen MR) is 116 cm³/mol. The average Bonchev–Trinajstić information content (AvgIpc) is 2.92. The lowest BCUT2D eigenvalue weighted by atomic mass is 10.1. The fourth-order valence-corrected chi connectivity index (χ4v) is 4.85. The summed E-state index contributed by atoms with van der Waals surface area (Å²) in [5.74, 6) is -0.906. The number of phenols is 1. The molecule has 1 aromatic carbocycles. The molecule has 3 heterocycles. The van der Waals surface area contributed by atoms with Crippen LogP contribution in [0.3, 0.4) is 0 Å². The lowest BCUT2D eigenvalue weighted by molar-refractivity contribution is 0.0123. The molecule has 2 atom stereocenters. The molecule has 0 aliphatic carbocycles. The van der Waals surface area contributed by atoms with E-state index >= 15 is 0 Å². The number of anilines is 1. The van der Waals surface area contributed by atoms with E-state index < -0.39 is 17.2 Å². The smallest absolute Gasteiger partial charge is 0.410 e. The third kappa shape index (κ3) is 3.56. The number of ether oxygens (including phenoxy) is 1. The number of rotatable bonds is 1. The molecule has 1 N–H and O–H groups in total. The van der Waals surface area contributed by atoms with E-state index in [0.717, 1.165) is 12.8 Å². The molecule has 1 amide bonds. The minimum Gasteiger partial charge on any atom is -0.504 e. The van der Waals surface area contributed by atoms with Crippen LogP contribution in [0, 0.1) is 12.7 Å². The monoisotopic (exact) mass is 500 g/mol. The molecule has 2 bridgehead atoms. The second kappa shape index (κ2) is 7.37. The van der Waals surface area contributed by atoms with Crippen LogP contribution in [0.5, 0.6) is 5.75 Å². The van der Waals surface area contributed by atoms with Crippen molar-refractivity contribution in [3.8, 4) is 5.75 Å². The molecule has 7 nitrogen and oxygen atoms in total. The summed E-state index contributed by atoms with van der Waals surface area (Å²) in [4.78, 5) is 25.0. The Morgan fingerprint density at radius 2 is 1.87 bits per heavy atom. The number of aryl methyl sites for hydroxylation is 1. The van der Waals surface area contributed by atoms with Gasteiger partial charge in [0.15, 0.2) is 11.6 Å². The van der Waals surface area contributed by atoms with Crippen molar-refractivity contribution in [2.24, 2.45) is 0 Å². The summed E-state index contributed by atoms with van der Waals surface area (Å²) in [5, 5.41) is 10.8. The SMILES string of the molecule is Cc1c(Br)c(F)c(O)c2c(N3CC4CCC(C3)N4C(=O)OC(C)(C)C)nc(Cl)nc12. The van der Waals surface area contributed by atoms with Crippen molar-refractivity contribution in [1.29, 1.82) is 0 Å². The first-order chi connectivity index (χ1) is 14.0. The number of piperazine rings is 1. The van der Waals surface area contributed by atoms with Gasteiger partial charge in [-0.2, -0.15) is 4.98 Å². The molecule has 1 aromatic heterocycles. The Kier molecular flexibility index (Phi) is 5.25. The van der Waals surface area contributed by atoms with Crippen LogP contribution in [0.15, 0.2) is 4.47 Å². The number of hydrogen-bond acceptors (Lipinski definition) is 6. The van der Waals surface area contributed by atoms with Gasteiger partial charge in [-0.3, -0.25) is 4.90 Å². The summed E-state index contributed by atoms with van der Waals surface area (Å²) in [7, 11) is 0. The minimum atomic E-state index is -0.762. The van der Waals surface area contributed by atoms with Gasteiger partial charge in [-0.25, -0.2) is 14.2 Å². The van der Waals surface area contributed by atoms with E-state index in [1.54, 1.807) is 11.8 Å². The van der Waals surface area contributed by atoms with Crippen molar-refractivity contribution < 1.29 is 19.0 Å². The van der Waals surface area contributed by atoms with E-state index in [1.807, 2.05) is 25.7 Å². The summed E-state index contributed by atoms with van der Waals surface area (Å²) in [5.41, 5.74) is 0.344. The van der Waals surface area contributed by atoms with E-state index in [-0.39, 0.29) is 33.3 Å². The quantitative estimate of drug-likeness (QED) is 0.566. The van der Waals surface area contributed by atoms with Crippen LogP contribution in [-0.2, 0) is 4.74 Å². The number of amides is 1. The van der Waals surface area contributed by atoms with Gasteiger partial charge in [0, 0.05) is 13.1 Å². The number of hydrogen-bond donors (Lipinski definition) is 1. The molecule has 30 heavy (non-hydrogen) atoms. The van der Waals surface area contributed by atoms with Crippen molar-refractivity contribution in [3.05, 3.63) is 21.1 Å². The fourth-order valence-electron chi connectivity index (χ4n) is 4.31. The van der Waals surface area contributed by atoms with Crippen molar-refractivity contribution in [2.45, 2.75) is 58.2 Å². The highest BCUT2D eigenvalue weighted by atomic mass is 79.9. The van der Waals surface area contributed by atoms with Crippen LogP contribution in [0.1, 0.15) is 39.2 Å². The van der Waals surface area contributed by atoms with Crippen molar-refractivity contribution >= 4 is 50.3 Å². The molecule has 0 radical (unpaired) electrons. The molecule has 4 rings (SSSR count). The molecule has 162 valence electrons. The number of halogens is 3. The van der Waals surface area contributed by atoms with Crippen LogP contribution < -0.4 is 4.90 Å². The van der Waals surface area contributed by atoms with Crippen LogP contribution in [0.2, 0.25) is 5.28 Å². The fraction of sp³-hybridized carbons (Fsp3) is 0.550. The third-order valence-corrected chi connectivity index (χ3v) is 6.68. The first kappa shape index (κ1) is 21.4. The standard InChI is InChI=1S/C20H23BrClFN4O3/c1-9-13(21)14(23)16(28)12-15(9)24-18(22)25-17(12)26-7-10-5-6-11(8-26)27(10)19(29)30-20(2,3)4/h10-11,28H,5-8H2,1-4H3. The first-order valence-corrected chi connectivity index (χ1v) is 10.9. The van der Waals surface area contributed by atoms with E-state index in [0.29, 0.717) is 30.0 Å². The highest BCUT2D eigenvalue weighted by Crippen LogP contribution is 2.42. The van der Waals surface area contributed by atoms with Crippen molar-refractivity contribution in [2.75, 3.05) is 18.0 Å². The van der Waals surface area contributed by atoms with Crippen LogP contribution in [0.25, 0.3) is 10.9 Å². The second-order valence-electron chi connectivity index (χ2n) is 8.82. The summed E-state index contributed by atoms with van der Waals surface area (Å²) in [6.45, 7) is 8.19. The summed E-state index contributed by atoms with van der Waals surface area (Å²) in [6, 6.07) is -0.128. The molecular weight excluding hydrogens is 479 g/mol. The van der Waals surface area contributed by atoms with Gasteiger partial charge in [0.1, 0.15) is 11.4 Å². The molecule has 0 saturated carbocycles. The molecule has 2 aliphatic rings. The van der Waals surface area contributed by atoms with Crippen molar-refractivity contribution in [1.82, 2.24) is 14.9 Å². The molecule has 2 unspecified atom stereocenters. The summed E-state index contributed by atoms with van der Waals surface area (Å²) in [6.07, 6.45) is 1.35. The number of fused-ring (bicyclic) bond motifs is 3. The third-order valence-electron chi connectivity index (χ3n) is 5.57. The average molecular weight is 502 g/mol. The van der Waals surface area contributed by atoms with Gasteiger partial charge in [-0.05, 0) is 73.6 Å². The molecule has 2 aliphatic heterocycles. The van der Waals surface area contributed by atoms with E-state index in [9.17, 15) is 14.3 Å². The largest absolute Gasteiger partial charge is 0.504 e. The maximum Gasteiger partial charge on any atom is 0.410 e. The van der Waals surface area contributed by atoms with E-state index in [4.69, 9.17) is 16.3 Å². The van der Waals surface area contributed by atoms with Gasteiger partial charge in [0.2, 0.25) is 5.28 Å². The molecule has 10 heteroatoms.